The van der Waals surface area contributed by atoms with Gasteiger partial charge >= 0.3 is 6.18 Å². The Hall–Kier alpha value is -3.49. The number of nitrogens with one attached hydrogen (secondary N) is 3. The summed E-state index contributed by atoms with van der Waals surface area (Å²) in [6.45, 7) is -0.400. The molecule has 3 rings (SSSR count). The van der Waals surface area contributed by atoms with Crippen molar-refractivity contribution < 1.29 is 17.9 Å². The van der Waals surface area contributed by atoms with Gasteiger partial charge in [-0.1, -0.05) is 42.5 Å². The maximum atomic E-state index is 12.2. The van der Waals surface area contributed by atoms with Crippen LogP contribution in [0.4, 0.5) is 13.2 Å². The van der Waals surface area contributed by atoms with Crippen LogP contribution in [0.25, 0.3) is 11.3 Å². The number of ether oxygens (including phenoxy) is 1. The number of guanidine groups is 1. The number of H-pyrrole nitrogens is 1. The molecule has 30 heavy (non-hydrogen) atoms. The van der Waals surface area contributed by atoms with Crippen LogP contribution in [-0.2, 0) is 13.1 Å². The predicted octanol–water partition coefficient (Wildman–Crippen LogP) is 3.88. The molecule has 0 aliphatic heterocycles. The van der Waals surface area contributed by atoms with Gasteiger partial charge in [-0.05, 0) is 23.3 Å². The minimum absolute atomic E-state index is 0.172. The van der Waals surface area contributed by atoms with Gasteiger partial charge in [0.25, 0.3) is 0 Å². The lowest BCUT2D eigenvalue weighted by Gasteiger charge is -2.12. The first-order chi connectivity index (χ1) is 14.4. The highest BCUT2D eigenvalue weighted by Gasteiger charge is 2.28. The van der Waals surface area contributed by atoms with Crippen molar-refractivity contribution in [3.63, 3.8) is 0 Å². The minimum atomic E-state index is -4.35. The second kappa shape index (κ2) is 9.82. The molecular formula is C21H22F3N5O. The van der Waals surface area contributed by atoms with Crippen LogP contribution in [0.2, 0.25) is 0 Å². The van der Waals surface area contributed by atoms with Gasteiger partial charge in [0, 0.05) is 13.6 Å². The summed E-state index contributed by atoms with van der Waals surface area (Å²) >= 11 is 0. The Morgan fingerprint density at radius 2 is 1.73 bits per heavy atom. The van der Waals surface area contributed by atoms with E-state index in [9.17, 15) is 13.2 Å². The average Bonchev–Trinajstić information content (AvgIpc) is 3.22. The first kappa shape index (κ1) is 21.2. The lowest BCUT2D eigenvalue weighted by Crippen LogP contribution is -2.36. The summed E-state index contributed by atoms with van der Waals surface area (Å²) in [4.78, 5) is 11.8. The lowest BCUT2D eigenvalue weighted by molar-refractivity contribution is -0.153. The number of rotatable bonds is 7. The topological polar surface area (TPSA) is 74.3 Å². The number of aromatic nitrogens is 2. The molecule has 3 aromatic rings. The molecule has 0 unspecified atom stereocenters. The second-order valence-corrected chi connectivity index (χ2v) is 6.44. The lowest BCUT2D eigenvalue weighted by atomic mass is 10.2. The van der Waals surface area contributed by atoms with Crippen LogP contribution in [-0.4, -0.2) is 35.8 Å². The number of benzene rings is 2. The molecule has 0 fully saturated rings. The molecule has 1 aromatic heterocycles. The summed E-state index contributed by atoms with van der Waals surface area (Å²) in [5.74, 6) is 1.51. The van der Waals surface area contributed by atoms with Crippen molar-refractivity contribution in [2.75, 3.05) is 13.7 Å². The van der Waals surface area contributed by atoms with Crippen LogP contribution in [0.3, 0.4) is 0 Å². The molecule has 2 aromatic carbocycles. The fourth-order valence-electron chi connectivity index (χ4n) is 2.66. The van der Waals surface area contributed by atoms with Crippen molar-refractivity contribution in [3.8, 4) is 17.0 Å². The van der Waals surface area contributed by atoms with Crippen molar-refractivity contribution in [1.82, 2.24) is 20.6 Å². The summed E-state index contributed by atoms with van der Waals surface area (Å²) in [6, 6.07) is 16.3. The number of halogens is 3. The van der Waals surface area contributed by atoms with Crippen LogP contribution in [0.1, 0.15) is 11.4 Å². The number of aliphatic imine (C=N–C) groups is 1. The zero-order valence-corrected chi connectivity index (χ0v) is 16.3. The van der Waals surface area contributed by atoms with Gasteiger partial charge < -0.3 is 20.4 Å². The first-order valence-electron chi connectivity index (χ1n) is 9.25. The molecule has 3 N–H and O–H groups in total. The molecule has 158 valence electrons. The molecule has 0 radical (unpaired) electrons. The molecule has 0 saturated heterocycles. The summed E-state index contributed by atoms with van der Waals surface area (Å²) in [5.41, 5.74) is 2.87. The summed E-state index contributed by atoms with van der Waals surface area (Å²) < 4.78 is 41.3. The third-order valence-electron chi connectivity index (χ3n) is 4.15. The van der Waals surface area contributed by atoms with Crippen molar-refractivity contribution >= 4 is 5.96 Å². The van der Waals surface area contributed by atoms with Crippen molar-refractivity contribution in [2.24, 2.45) is 4.99 Å². The van der Waals surface area contributed by atoms with E-state index < -0.39 is 12.8 Å². The highest BCUT2D eigenvalue weighted by atomic mass is 19.4. The van der Waals surface area contributed by atoms with E-state index in [0.717, 1.165) is 22.6 Å². The Morgan fingerprint density at radius 1 is 1.03 bits per heavy atom. The quantitative estimate of drug-likeness (QED) is 0.403. The summed E-state index contributed by atoms with van der Waals surface area (Å²) in [7, 11) is 1.65. The number of imidazole rings is 1. The maximum Gasteiger partial charge on any atom is 0.422 e. The number of aromatic amines is 1. The van der Waals surface area contributed by atoms with Crippen LogP contribution >= 0.6 is 0 Å². The van der Waals surface area contributed by atoms with E-state index in [-0.39, 0.29) is 5.75 Å². The highest BCUT2D eigenvalue weighted by Crippen LogP contribution is 2.19. The SMILES string of the molecule is CN=C(NCc1ccc(OCC(F)(F)F)cc1)NCc1ncc(-c2ccccc2)[nH]1. The Kier molecular flexibility index (Phi) is 6.95. The molecule has 9 heteroatoms. The zero-order valence-electron chi connectivity index (χ0n) is 16.3. The van der Waals surface area contributed by atoms with Gasteiger partial charge in [0.05, 0.1) is 18.4 Å². The number of alkyl halides is 3. The zero-order chi connectivity index (χ0) is 21.4. The average molecular weight is 417 g/mol. The van der Waals surface area contributed by atoms with E-state index in [1.165, 1.54) is 12.1 Å². The normalized spacial score (nSPS) is 11.9. The Morgan fingerprint density at radius 3 is 2.40 bits per heavy atom. The van der Waals surface area contributed by atoms with Gasteiger partial charge in [-0.3, -0.25) is 4.99 Å². The van der Waals surface area contributed by atoms with Crippen LogP contribution < -0.4 is 15.4 Å². The third-order valence-corrected chi connectivity index (χ3v) is 4.15. The van der Waals surface area contributed by atoms with E-state index >= 15 is 0 Å². The van der Waals surface area contributed by atoms with E-state index in [2.05, 4.69) is 25.6 Å². The van der Waals surface area contributed by atoms with Gasteiger partial charge in [0.2, 0.25) is 0 Å². The fraction of sp³-hybridized carbons (Fsp3) is 0.238. The van der Waals surface area contributed by atoms with Crippen molar-refractivity contribution in [3.05, 3.63) is 72.2 Å². The Balaban J connectivity index is 1.47. The first-order valence-corrected chi connectivity index (χ1v) is 9.25. The molecule has 0 atom stereocenters. The van der Waals surface area contributed by atoms with Crippen molar-refractivity contribution in [1.29, 1.82) is 0 Å². The fourth-order valence-corrected chi connectivity index (χ4v) is 2.66. The van der Waals surface area contributed by atoms with E-state index in [1.807, 2.05) is 30.3 Å². The molecule has 0 saturated carbocycles. The Labute approximate surface area is 172 Å². The Bertz CT molecular complexity index is 953. The number of nitrogens with zero attached hydrogens (tertiary/aromatic N) is 2. The van der Waals surface area contributed by atoms with E-state index in [0.29, 0.717) is 19.0 Å². The largest absolute Gasteiger partial charge is 0.484 e. The van der Waals surface area contributed by atoms with Gasteiger partial charge in [-0.15, -0.1) is 0 Å². The van der Waals surface area contributed by atoms with Gasteiger partial charge in [-0.2, -0.15) is 13.2 Å². The molecule has 0 bridgehead atoms. The van der Waals surface area contributed by atoms with E-state index in [4.69, 9.17) is 4.74 Å². The monoisotopic (exact) mass is 417 g/mol. The number of hydrogen-bond donors (Lipinski definition) is 3. The van der Waals surface area contributed by atoms with Gasteiger partial charge in [0.1, 0.15) is 11.6 Å². The minimum Gasteiger partial charge on any atom is -0.484 e. The molecule has 0 spiro atoms. The standard InChI is InChI=1S/C21H22F3N5O/c1-25-20(27-11-15-7-9-17(10-8-15)30-14-21(22,23)24)28-13-19-26-12-18(29-19)16-5-3-2-4-6-16/h2-10,12H,11,13-14H2,1H3,(H,26,29)(H2,25,27,28). The third kappa shape index (κ3) is 6.54. The summed E-state index contributed by atoms with van der Waals surface area (Å²) in [5, 5.41) is 6.31. The van der Waals surface area contributed by atoms with Crippen LogP contribution in [0.15, 0.2) is 65.8 Å². The second-order valence-electron chi connectivity index (χ2n) is 6.44. The van der Waals surface area contributed by atoms with Crippen LogP contribution in [0.5, 0.6) is 5.75 Å². The highest BCUT2D eigenvalue weighted by molar-refractivity contribution is 5.79. The van der Waals surface area contributed by atoms with Crippen molar-refractivity contribution in [2.45, 2.75) is 19.3 Å². The van der Waals surface area contributed by atoms with Gasteiger partial charge in [-0.25, -0.2) is 4.98 Å². The molecule has 0 aliphatic rings. The van der Waals surface area contributed by atoms with Crippen LogP contribution in [0, 0.1) is 0 Å². The maximum absolute atomic E-state index is 12.2. The van der Waals surface area contributed by atoms with E-state index in [1.54, 1.807) is 25.4 Å². The molecular weight excluding hydrogens is 395 g/mol. The molecule has 6 nitrogen and oxygen atoms in total. The predicted molar refractivity (Wildman–Crippen MR) is 109 cm³/mol. The smallest absolute Gasteiger partial charge is 0.422 e. The van der Waals surface area contributed by atoms with Gasteiger partial charge in [0.15, 0.2) is 12.6 Å². The molecule has 0 aliphatic carbocycles. The number of hydrogen-bond acceptors (Lipinski definition) is 3. The molecule has 1 heterocycles. The molecule has 0 amide bonds. The summed E-state index contributed by atoms with van der Waals surface area (Å²) in [6.07, 6.45) is -2.57.